The Labute approximate surface area is 192 Å². The Bertz CT molecular complexity index is 1160. The van der Waals surface area contributed by atoms with Gasteiger partial charge in [0, 0.05) is 5.69 Å². The predicted molar refractivity (Wildman–Crippen MR) is 127 cm³/mol. The number of carbonyl (C=O) groups is 1. The fourth-order valence-electron chi connectivity index (χ4n) is 3.63. The molecule has 4 aromatic rings. The average molecular weight is 447 g/mol. The molecule has 1 atom stereocenters. The van der Waals surface area contributed by atoms with Crippen LogP contribution in [0.3, 0.4) is 0 Å². The number of aryl methyl sites for hydroxylation is 1. The molecule has 2 aromatic heterocycles. The molecule has 4 rings (SSSR count). The highest BCUT2D eigenvalue weighted by molar-refractivity contribution is 7.99. The zero-order chi connectivity index (χ0) is 22.3. The summed E-state index contributed by atoms with van der Waals surface area (Å²) >= 11 is 1.38. The van der Waals surface area contributed by atoms with Gasteiger partial charge >= 0.3 is 0 Å². The zero-order valence-corrected chi connectivity index (χ0v) is 19.0. The Morgan fingerprint density at radius 2 is 1.78 bits per heavy atom. The molecule has 0 saturated carbocycles. The largest absolute Gasteiger partial charge is 0.469 e. The summed E-state index contributed by atoms with van der Waals surface area (Å²) in [5, 5.41) is 12.6. The number of hydrogen-bond acceptors (Lipinski definition) is 5. The number of thioether (sulfide) groups is 1. The van der Waals surface area contributed by atoms with Gasteiger partial charge in [-0.2, -0.15) is 0 Å². The van der Waals surface area contributed by atoms with E-state index in [0.29, 0.717) is 11.0 Å². The minimum absolute atomic E-state index is 0.00503. The van der Waals surface area contributed by atoms with Crippen molar-refractivity contribution in [3.8, 4) is 17.1 Å². The maximum absolute atomic E-state index is 12.8. The number of para-hydroxylation sites is 1. The van der Waals surface area contributed by atoms with Crippen LogP contribution in [0.1, 0.15) is 37.1 Å². The number of benzene rings is 2. The number of carbonyl (C=O) groups excluding carboxylic acids is 1. The SMILES string of the molecule is CCCC(NC(=O)CSc1nnc(-c2ccoc2C)n1-c1ccccc1)c1ccccc1. The summed E-state index contributed by atoms with van der Waals surface area (Å²) in [5.41, 5.74) is 2.94. The number of furan rings is 1. The van der Waals surface area contributed by atoms with E-state index < -0.39 is 0 Å². The van der Waals surface area contributed by atoms with Gasteiger partial charge in [0.1, 0.15) is 5.76 Å². The molecule has 2 aromatic carbocycles. The number of amides is 1. The Morgan fingerprint density at radius 1 is 1.06 bits per heavy atom. The third-order valence-corrected chi connectivity index (χ3v) is 6.12. The van der Waals surface area contributed by atoms with Crippen LogP contribution in [0.25, 0.3) is 17.1 Å². The van der Waals surface area contributed by atoms with Gasteiger partial charge in [-0.05, 0) is 37.1 Å². The number of rotatable bonds is 9. The highest BCUT2D eigenvalue weighted by Crippen LogP contribution is 2.30. The van der Waals surface area contributed by atoms with Crippen molar-refractivity contribution in [2.75, 3.05) is 5.75 Å². The number of nitrogens with one attached hydrogen (secondary N) is 1. The van der Waals surface area contributed by atoms with Crippen molar-refractivity contribution in [2.45, 2.75) is 37.9 Å². The van der Waals surface area contributed by atoms with Crippen molar-refractivity contribution in [3.05, 3.63) is 84.3 Å². The third kappa shape index (κ3) is 4.94. The summed E-state index contributed by atoms with van der Waals surface area (Å²) < 4.78 is 7.44. The molecule has 32 heavy (non-hydrogen) atoms. The van der Waals surface area contributed by atoms with Crippen molar-refractivity contribution in [1.82, 2.24) is 20.1 Å². The molecule has 164 valence electrons. The molecule has 2 heterocycles. The number of nitrogens with zero attached hydrogens (tertiary/aromatic N) is 3. The van der Waals surface area contributed by atoms with Crippen molar-refractivity contribution in [2.24, 2.45) is 0 Å². The fourth-order valence-corrected chi connectivity index (χ4v) is 4.39. The van der Waals surface area contributed by atoms with Gasteiger partial charge in [0.2, 0.25) is 5.91 Å². The molecule has 7 heteroatoms. The molecule has 6 nitrogen and oxygen atoms in total. The van der Waals surface area contributed by atoms with Gasteiger partial charge in [-0.1, -0.05) is 73.6 Å². The summed E-state index contributed by atoms with van der Waals surface area (Å²) in [7, 11) is 0. The maximum atomic E-state index is 12.8. The van der Waals surface area contributed by atoms with E-state index in [9.17, 15) is 4.79 Å². The van der Waals surface area contributed by atoms with E-state index >= 15 is 0 Å². The molecule has 0 spiro atoms. The van der Waals surface area contributed by atoms with E-state index in [1.807, 2.05) is 66.1 Å². The van der Waals surface area contributed by atoms with Crippen LogP contribution >= 0.6 is 11.8 Å². The highest BCUT2D eigenvalue weighted by atomic mass is 32.2. The normalized spacial score (nSPS) is 11.9. The first-order valence-electron chi connectivity index (χ1n) is 10.7. The monoisotopic (exact) mass is 446 g/mol. The molecular formula is C25H26N4O2S. The lowest BCUT2D eigenvalue weighted by Crippen LogP contribution is -2.30. The molecule has 0 radical (unpaired) electrons. The molecule has 0 aliphatic heterocycles. The topological polar surface area (TPSA) is 73.0 Å². The summed E-state index contributed by atoms with van der Waals surface area (Å²) in [4.78, 5) is 12.8. The maximum Gasteiger partial charge on any atom is 0.230 e. The first kappa shape index (κ1) is 21.9. The lowest BCUT2D eigenvalue weighted by Gasteiger charge is -2.18. The van der Waals surface area contributed by atoms with Crippen LogP contribution in [0.2, 0.25) is 0 Å². The van der Waals surface area contributed by atoms with E-state index in [2.05, 4.69) is 34.6 Å². The Hall–Kier alpha value is -3.32. The van der Waals surface area contributed by atoms with Gasteiger partial charge in [-0.3, -0.25) is 9.36 Å². The first-order chi connectivity index (χ1) is 15.7. The van der Waals surface area contributed by atoms with Gasteiger partial charge in [0.05, 0.1) is 23.6 Å². The summed E-state index contributed by atoms with van der Waals surface area (Å²) in [6.07, 6.45) is 3.53. The molecule has 0 saturated heterocycles. The van der Waals surface area contributed by atoms with Crippen LogP contribution in [-0.2, 0) is 4.79 Å². The Kier molecular flexibility index (Phi) is 7.07. The van der Waals surface area contributed by atoms with Crippen LogP contribution in [0.5, 0.6) is 0 Å². The zero-order valence-electron chi connectivity index (χ0n) is 18.2. The minimum Gasteiger partial charge on any atom is -0.469 e. The quantitative estimate of drug-likeness (QED) is 0.340. The average Bonchev–Trinajstić information content (AvgIpc) is 3.44. The van der Waals surface area contributed by atoms with E-state index in [-0.39, 0.29) is 17.7 Å². The second kappa shape index (κ2) is 10.3. The van der Waals surface area contributed by atoms with Crippen LogP contribution in [0, 0.1) is 6.92 Å². The second-order valence-corrected chi connectivity index (χ2v) is 8.42. The Morgan fingerprint density at radius 3 is 2.44 bits per heavy atom. The molecule has 0 bridgehead atoms. The van der Waals surface area contributed by atoms with Crippen LogP contribution in [0.4, 0.5) is 0 Å². The third-order valence-electron chi connectivity index (χ3n) is 5.19. The van der Waals surface area contributed by atoms with Gasteiger partial charge in [-0.25, -0.2) is 0 Å². The second-order valence-electron chi connectivity index (χ2n) is 7.48. The molecule has 1 N–H and O–H groups in total. The molecule has 0 fully saturated rings. The summed E-state index contributed by atoms with van der Waals surface area (Å²) in [5.74, 6) is 1.69. The standard InChI is InChI=1S/C25H26N4O2S/c1-3-10-22(19-11-6-4-7-12-19)26-23(30)17-32-25-28-27-24(21-15-16-31-18(21)2)29(25)20-13-8-5-9-14-20/h4-9,11-16,22H,3,10,17H2,1-2H3,(H,26,30). The van der Waals surface area contributed by atoms with E-state index in [4.69, 9.17) is 4.42 Å². The van der Waals surface area contributed by atoms with Gasteiger partial charge < -0.3 is 9.73 Å². The van der Waals surface area contributed by atoms with E-state index in [1.54, 1.807) is 6.26 Å². The minimum atomic E-state index is -0.0269. The smallest absolute Gasteiger partial charge is 0.230 e. The van der Waals surface area contributed by atoms with Crippen molar-refractivity contribution in [1.29, 1.82) is 0 Å². The van der Waals surface area contributed by atoms with Crippen molar-refractivity contribution < 1.29 is 9.21 Å². The van der Waals surface area contributed by atoms with Crippen LogP contribution in [0.15, 0.2) is 82.6 Å². The van der Waals surface area contributed by atoms with Gasteiger partial charge in [0.25, 0.3) is 0 Å². The fraction of sp³-hybridized carbons (Fsp3) is 0.240. The summed E-state index contributed by atoms with van der Waals surface area (Å²) in [6, 6.07) is 21.9. The summed E-state index contributed by atoms with van der Waals surface area (Å²) in [6.45, 7) is 4.02. The Balaban J connectivity index is 1.54. The van der Waals surface area contributed by atoms with E-state index in [0.717, 1.165) is 35.4 Å². The lowest BCUT2D eigenvalue weighted by molar-refractivity contribution is -0.119. The molecule has 0 aliphatic carbocycles. The van der Waals surface area contributed by atoms with Crippen LogP contribution in [-0.4, -0.2) is 26.4 Å². The number of aromatic nitrogens is 3. The van der Waals surface area contributed by atoms with Crippen molar-refractivity contribution >= 4 is 17.7 Å². The molecule has 1 unspecified atom stereocenters. The number of hydrogen-bond donors (Lipinski definition) is 1. The van der Waals surface area contributed by atoms with E-state index in [1.165, 1.54) is 11.8 Å². The predicted octanol–water partition coefficient (Wildman–Crippen LogP) is 5.59. The lowest BCUT2D eigenvalue weighted by atomic mass is 10.0. The van der Waals surface area contributed by atoms with Crippen molar-refractivity contribution in [3.63, 3.8) is 0 Å². The highest BCUT2D eigenvalue weighted by Gasteiger charge is 2.20. The van der Waals surface area contributed by atoms with Gasteiger partial charge in [0.15, 0.2) is 11.0 Å². The van der Waals surface area contributed by atoms with Gasteiger partial charge in [-0.15, -0.1) is 10.2 Å². The molecule has 1 amide bonds. The first-order valence-corrected chi connectivity index (χ1v) is 11.7. The van der Waals surface area contributed by atoms with Crippen LogP contribution < -0.4 is 5.32 Å². The molecular weight excluding hydrogens is 420 g/mol. The molecule has 0 aliphatic rings.